The van der Waals surface area contributed by atoms with Crippen LogP contribution in [0.25, 0.3) is 11.1 Å². The molecule has 0 radical (unpaired) electrons. The highest BCUT2D eigenvalue weighted by molar-refractivity contribution is 5.63. The molecular weight excluding hydrogens is 296 g/mol. The minimum atomic E-state index is 0.742. The first-order valence-corrected chi connectivity index (χ1v) is 7.96. The van der Waals surface area contributed by atoms with Gasteiger partial charge in [-0.2, -0.15) is 0 Å². The van der Waals surface area contributed by atoms with Crippen LogP contribution in [0.15, 0.2) is 96.4 Å². The van der Waals surface area contributed by atoms with Crippen molar-refractivity contribution in [2.24, 2.45) is 0 Å². The number of benzene rings is 3. The molecule has 0 aliphatic carbocycles. The van der Waals surface area contributed by atoms with Crippen molar-refractivity contribution in [3.8, 4) is 22.6 Å². The summed E-state index contributed by atoms with van der Waals surface area (Å²) in [5.74, 6) is 3.08. The summed E-state index contributed by atoms with van der Waals surface area (Å²) < 4.78 is 11.7. The summed E-state index contributed by atoms with van der Waals surface area (Å²) in [4.78, 5) is 0. The van der Waals surface area contributed by atoms with E-state index in [4.69, 9.17) is 9.47 Å². The first-order chi connectivity index (χ1) is 11.7. The van der Waals surface area contributed by atoms with E-state index in [9.17, 15) is 0 Å². The molecule has 0 N–H and O–H groups in total. The second-order valence-electron chi connectivity index (χ2n) is 5.52. The lowest BCUT2D eigenvalue weighted by molar-refractivity contribution is 0.349. The highest BCUT2D eigenvalue weighted by Gasteiger charge is 2.04. The van der Waals surface area contributed by atoms with Crippen molar-refractivity contribution in [1.29, 1.82) is 0 Å². The maximum absolute atomic E-state index is 5.89. The Morgan fingerprint density at radius 3 is 1.46 bits per heavy atom. The van der Waals surface area contributed by atoms with E-state index in [1.807, 2.05) is 74.5 Å². The summed E-state index contributed by atoms with van der Waals surface area (Å²) in [5.41, 5.74) is 2.36. The van der Waals surface area contributed by atoms with Gasteiger partial charge in [0.1, 0.15) is 23.0 Å². The van der Waals surface area contributed by atoms with Crippen LogP contribution in [0, 0.1) is 0 Å². The van der Waals surface area contributed by atoms with Gasteiger partial charge < -0.3 is 9.47 Å². The fourth-order valence-corrected chi connectivity index (χ4v) is 2.33. The van der Waals surface area contributed by atoms with Crippen LogP contribution >= 0.6 is 0 Å². The van der Waals surface area contributed by atoms with Crippen molar-refractivity contribution in [1.82, 2.24) is 0 Å². The lowest BCUT2D eigenvalue weighted by atomic mass is 10.1. The normalized spacial score (nSPS) is 11.6. The quantitative estimate of drug-likeness (QED) is 0.532. The third kappa shape index (κ3) is 4.05. The number of hydrogen-bond acceptors (Lipinski definition) is 2. The van der Waals surface area contributed by atoms with Gasteiger partial charge in [0.25, 0.3) is 0 Å². The Bertz CT molecular complexity index is 804. The Hall–Kier alpha value is -3.00. The first kappa shape index (κ1) is 15.9. The highest BCUT2D eigenvalue weighted by atomic mass is 16.5. The SMILES string of the molecule is C/C(Oc1ccccc1)=C(/C)Oc1ccc(-c2ccccc2)cc1. The Kier molecular flexibility index (Phi) is 4.97. The van der Waals surface area contributed by atoms with Crippen molar-refractivity contribution in [3.63, 3.8) is 0 Å². The molecule has 0 saturated carbocycles. The lowest BCUT2D eigenvalue weighted by Crippen LogP contribution is -2.00. The standard InChI is InChI=1S/C22H20O2/c1-17(23-21-11-7-4-8-12-21)18(2)24-22-15-13-20(14-16-22)19-9-5-3-6-10-19/h3-16H,1-2H3/b18-17+. The second kappa shape index (κ2) is 7.51. The van der Waals surface area contributed by atoms with Crippen LogP contribution in [0.4, 0.5) is 0 Å². The molecule has 0 fully saturated rings. The van der Waals surface area contributed by atoms with Gasteiger partial charge in [-0.3, -0.25) is 0 Å². The number of para-hydroxylation sites is 1. The smallest absolute Gasteiger partial charge is 0.139 e. The van der Waals surface area contributed by atoms with E-state index in [0.29, 0.717) is 0 Å². The second-order valence-corrected chi connectivity index (χ2v) is 5.52. The monoisotopic (exact) mass is 316 g/mol. The molecule has 0 aromatic heterocycles. The Balaban J connectivity index is 1.70. The molecule has 0 amide bonds. The number of allylic oxidation sites excluding steroid dienone is 2. The van der Waals surface area contributed by atoms with Gasteiger partial charge in [0.15, 0.2) is 0 Å². The fraction of sp³-hybridized carbons (Fsp3) is 0.0909. The molecule has 0 atom stereocenters. The van der Waals surface area contributed by atoms with Crippen LogP contribution in [0.5, 0.6) is 11.5 Å². The van der Waals surface area contributed by atoms with Crippen LogP contribution in [-0.4, -0.2) is 0 Å². The average molecular weight is 316 g/mol. The third-order valence-corrected chi connectivity index (χ3v) is 3.74. The van der Waals surface area contributed by atoms with Gasteiger partial charge in [-0.1, -0.05) is 60.7 Å². The highest BCUT2D eigenvalue weighted by Crippen LogP contribution is 2.24. The average Bonchev–Trinajstić information content (AvgIpc) is 2.64. The Morgan fingerprint density at radius 1 is 0.500 bits per heavy atom. The van der Waals surface area contributed by atoms with E-state index < -0.39 is 0 Å². The molecule has 0 unspecified atom stereocenters. The van der Waals surface area contributed by atoms with Crippen LogP contribution < -0.4 is 9.47 Å². The van der Waals surface area contributed by atoms with Crippen LogP contribution in [0.3, 0.4) is 0 Å². The van der Waals surface area contributed by atoms with Crippen molar-refractivity contribution in [3.05, 3.63) is 96.4 Å². The van der Waals surface area contributed by atoms with Gasteiger partial charge in [-0.15, -0.1) is 0 Å². The lowest BCUT2D eigenvalue weighted by Gasteiger charge is -2.12. The molecule has 2 nitrogen and oxygen atoms in total. The van der Waals surface area contributed by atoms with Crippen LogP contribution in [-0.2, 0) is 0 Å². The van der Waals surface area contributed by atoms with Crippen molar-refractivity contribution >= 4 is 0 Å². The molecule has 0 heterocycles. The molecule has 0 spiro atoms. The van der Waals surface area contributed by atoms with Gasteiger partial charge in [0.2, 0.25) is 0 Å². The van der Waals surface area contributed by atoms with E-state index >= 15 is 0 Å². The maximum atomic E-state index is 5.89. The largest absolute Gasteiger partial charge is 0.459 e. The molecule has 0 saturated heterocycles. The molecule has 0 aliphatic heterocycles. The number of rotatable bonds is 5. The molecule has 3 aromatic rings. The zero-order valence-electron chi connectivity index (χ0n) is 13.9. The number of hydrogen-bond donors (Lipinski definition) is 0. The molecule has 3 rings (SSSR count). The molecular formula is C22H20O2. The van der Waals surface area contributed by atoms with Gasteiger partial charge in [0, 0.05) is 0 Å². The number of ether oxygens (including phenoxy) is 2. The molecule has 24 heavy (non-hydrogen) atoms. The Morgan fingerprint density at radius 2 is 0.917 bits per heavy atom. The minimum absolute atomic E-state index is 0.742. The van der Waals surface area contributed by atoms with Gasteiger partial charge in [-0.25, -0.2) is 0 Å². The van der Waals surface area contributed by atoms with Crippen LogP contribution in [0.1, 0.15) is 13.8 Å². The molecule has 3 aromatic carbocycles. The first-order valence-electron chi connectivity index (χ1n) is 7.96. The predicted octanol–water partition coefficient (Wildman–Crippen LogP) is 6.06. The fourth-order valence-electron chi connectivity index (χ4n) is 2.33. The van der Waals surface area contributed by atoms with Gasteiger partial charge >= 0.3 is 0 Å². The Labute approximate surface area is 143 Å². The van der Waals surface area contributed by atoms with Crippen molar-refractivity contribution < 1.29 is 9.47 Å². The van der Waals surface area contributed by atoms with E-state index in [2.05, 4.69) is 24.3 Å². The van der Waals surface area contributed by atoms with Crippen molar-refractivity contribution in [2.75, 3.05) is 0 Å². The molecule has 0 aliphatic rings. The van der Waals surface area contributed by atoms with E-state index in [0.717, 1.165) is 23.0 Å². The van der Waals surface area contributed by atoms with Gasteiger partial charge in [0.05, 0.1) is 0 Å². The van der Waals surface area contributed by atoms with Crippen LogP contribution in [0.2, 0.25) is 0 Å². The predicted molar refractivity (Wildman–Crippen MR) is 98.0 cm³/mol. The summed E-state index contributed by atoms with van der Waals surface area (Å²) in [7, 11) is 0. The summed E-state index contributed by atoms with van der Waals surface area (Å²) >= 11 is 0. The third-order valence-electron chi connectivity index (χ3n) is 3.74. The minimum Gasteiger partial charge on any atom is -0.459 e. The molecule has 120 valence electrons. The molecule has 0 bridgehead atoms. The summed E-state index contributed by atoms with van der Waals surface area (Å²) in [6.45, 7) is 3.81. The molecule has 2 heteroatoms. The van der Waals surface area contributed by atoms with Gasteiger partial charge in [-0.05, 0) is 49.2 Å². The van der Waals surface area contributed by atoms with E-state index in [-0.39, 0.29) is 0 Å². The van der Waals surface area contributed by atoms with Crippen molar-refractivity contribution in [2.45, 2.75) is 13.8 Å². The summed E-state index contributed by atoms with van der Waals surface area (Å²) in [6.07, 6.45) is 0. The van der Waals surface area contributed by atoms with E-state index in [1.165, 1.54) is 11.1 Å². The summed E-state index contributed by atoms with van der Waals surface area (Å²) in [6, 6.07) is 28.1. The zero-order valence-corrected chi connectivity index (χ0v) is 13.9. The zero-order chi connectivity index (χ0) is 16.8. The summed E-state index contributed by atoms with van der Waals surface area (Å²) in [5, 5.41) is 0. The van der Waals surface area contributed by atoms with E-state index in [1.54, 1.807) is 0 Å². The maximum Gasteiger partial charge on any atom is 0.139 e. The topological polar surface area (TPSA) is 18.5 Å².